The molecule has 2 N–H and O–H groups in total. The Bertz CT molecular complexity index is 1020. The van der Waals surface area contributed by atoms with Crippen molar-refractivity contribution in [1.82, 2.24) is 0 Å². The van der Waals surface area contributed by atoms with Crippen LogP contribution in [0.15, 0.2) is 66.7 Å². The molecule has 0 aliphatic carbocycles. The van der Waals surface area contributed by atoms with E-state index in [2.05, 4.69) is 10.6 Å². The van der Waals surface area contributed by atoms with Crippen LogP contribution in [-0.2, 0) is 11.2 Å². The van der Waals surface area contributed by atoms with Crippen LogP contribution in [0.3, 0.4) is 0 Å². The van der Waals surface area contributed by atoms with Crippen molar-refractivity contribution in [2.45, 2.75) is 13.3 Å². The SMILES string of the molecule is Cc1c(NC(=O)Cc2ccc(Cl)cc2Cl)cccc1NC(=O)c1ccccc1. The van der Waals surface area contributed by atoms with Gasteiger partial charge in [-0.1, -0.05) is 53.5 Å². The minimum atomic E-state index is -0.209. The minimum Gasteiger partial charge on any atom is -0.325 e. The molecule has 0 unspecified atom stereocenters. The highest BCUT2D eigenvalue weighted by Gasteiger charge is 2.12. The summed E-state index contributed by atoms with van der Waals surface area (Å²) in [6.45, 7) is 1.84. The molecule has 0 aromatic heterocycles. The molecule has 2 amide bonds. The van der Waals surface area contributed by atoms with E-state index < -0.39 is 0 Å². The summed E-state index contributed by atoms with van der Waals surface area (Å²) < 4.78 is 0. The zero-order chi connectivity index (χ0) is 20.1. The zero-order valence-corrected chi connectivity index (χ0v) is 16.6. The van der Waals surface area contributed by atoms with Crippen molar-refractivity contribution < 1.29 is 9.59 Å². The smallest absolute Gasteiger partial charge is 0.255 e. The van der Waals surface area contributed by atoms with Gasteiger partial charge in [0.25, 0.3) is 5.91 Å². The standard InChI is InChI=1S/C22H18Cl2N2O2/c1-14-19(25-21(27)12-16-10-11-17(23)13-18(16)24)8-5-9-20(14)26-22(28)15-6-3-2-4-7-15/h2-11,13H,12H2,1H3,(H,25,27)(H,26,28). The van der Waals surface area contributed by atoms with Gasteiger partial charge in [0.15, 0.2) is 0 Å². The molecule has 0 heterocycles. The van der Waals surface area contributed by atoms with E-state index in [1.54, 1.807) is 60.7 Å². The van der Waals surface area contributed by atoms with Gasteiger partial charge in [0, 0.05) is 27.0 Å². The number of amides is 2. The van der Waals surface area contributed by atoms with Gasteiger partial charge in [-0.2, -0.15) is 0 Å². The molecule has 3 rings (SSSR count). The van der Waals surface area contributed by atoms with Gasteiger partial charge in [0.05, 0.1) is 6.42 Å². The highest BCUT2D eigenvalue weighted by atomic mass is 35.5. The molecule has 3 aromatic carbocycles. The van der Waals surface area contributed by atoms with Gasteiger partial charge in [-0.3, -0.25) is 9.59 Å². The molecule has 4 nitrogen and oxygen atoms in total. The molecule has 142 valence electrons. The average Bonchev–Trinajstić information content (AvgIpc) is 2.68. The summed E-state index contributed by atoms with van der Waals surface area (Å²) >= 11 is 12.0. The maximum atomic E-state index is 12.4. The zero-order valence-electron chi connectivity index (χ0n) is 15.1. The quantitative estimate of drug-likeness (QED) is 0.561. The van der Waals surface area contributed by atoms with Crippen molar-refractivity contribution in [2.75, 3.05) is 10.6 Å². The third kappa shape index (κ3) is 4.91. The molecule has 0 spiro atoms. The summed E-state index contributed by atoms with van der Waals surface area (Å²) in [6.07, 6.45) is 0.121. The normalized spacial score (nSPS) is 10.4. The predicted octanol–water partition coefficient (Wildman–Crippen LogP) is 5.74. The monoisotopic (exact) mass is 412 g/mol. The van der Waals surface area contributed by atoms with Gasteiger partial charge >= 0.3 is 0 Å². The Morgan fingerprint density at radius 1 is 0.857 bits per heavy atom. The van der Waals surface area contributed by atoms with Gasteiger partial charge in [-0.05, 0) is 54.4 Å². The Morgan fingerprint density at radius 2 is 1.54 bits per heavy atom. The molecule has 0 atom stereocenters. The number of hydrogen-bond acceptors (Lipinski definition) is 2. The molecule has 0 saturated carbocycles. The van der Waals surface area contributed by atoms with Crippen LogP contribution in [0.25, 0.3) is 0 Å². The topological polar surface area (TPSA) is 58.2 Å². The molecular formula is C22H18Cl2N2O2. The molecule has 3 aromatic rings. The third-order valence-electron chi connectivity index (χ3n) is 4.26. The number of carbonyl (C=O) groups excluding carboxylic acids is 2. The highest BCUT2D eigenvalue weighted by molar-refractivity contribution is 6.35. The maximum Gasteiger partial charge on any atom is 0.255 e. The molecule has 28 heavy (non-hydrogen) atoms. The predicted molar refractivity (Wildman–Crippen MR) is 114 cm³/mol. The average molecular weight is 413 g/mol. The minimum absolute atomic E-state index is 0.121. The maximum absolute atomic E-state index is 12.4. The van der Waals surface area contributed by atoms with E-state index in [0.717, 1.165) is 5.56 Å². The first-order valence-corrected chi connectivity index (χ1v) is 9.39. The Morgan fingerprint density at radius 3 is 2.21 bits per heavy atom. The fourth-order valence-electron chi connectivity index (χ4n) is 2.72. The van der Waals surface area contributed by atoms with Crippen LogP contribution < -0.4 is 10.6 Å². The third-order valence-corrected chi connectivity index (χ3v) is 4.85. The van der Waals surface area contributed by atoms with Gasteiger partial charge in [0.2, 0.25) is 5.91 Å². The van der Waals surface area contributed by atoms with Gasteiger partial charge in [-0.25, -0.2) is 0 Å². The fraction of sp³-hybridized carbons (Fsp3) is 0.0909. The van der Waals surface area contributed by atoms with Crippen molar-refractivity contribution in [3.63, 3.8) is 0 Å². The summed E-state index contributed by atoms with van der Waals surface area (Å²) in [5.41, 5.74) is 3.28. The second-order valence-corrected chi connectivity index (χ2v) is 7.10. The largest absolute Gasteiger partial charge is 0.325 e. The molecule has 0 aliphatic rings. The summed E-state index contributed by atoms with van der Waals surface area (Å²) in [4.78, 5) is 24.8. The Balaban J connectivity index is 1.72. The second kappa shape index (κ2) is 8.91. The Kier molecular flexibility index (Phi) is 6.34. The van der Waals surface area contributed by atoms with Crippen molar-refractivity contribution in [3.05, 3.63) is 93.5 Å². The van der Waals surface area contributed by atoms with E-state index in [1.807, 2.05) is 13.0 Å². The fourth-order valence-corrected chi connectivity index (χ4v) is 3.20. The van der Waals surface area contributed by atoms with E-state index in [-0.39, 0.29) is 18.2 Å². The number of hydrogen-bond donors (Lipinski definition) is 2. The summed E-state index contributed by atoms with van der Waals surface area (Å²) in [7, 11) is 0. The number of nitrogens with one attached hydrogen (secondary N) is 2. The number of halogens is 2. The molecule has 0 radical (unpaired) electrons. The summed E-state index contributed by atoms with van der Waals surface area (Å²) in [5.74, 6) is -0.418. The molecule has 0 fully saturated rings. The van der Waals surface area contributed by atoms with E-state index in [1.165, 1.54) is 0 Å². The Hall–Kier alpha value is -2.82. The number of carbonyl (C=O) groups is 2. The first-order valence-electron chi connectivity index (χ1n) is 8.64. The highest BCUT2D eigenvalue weighted by Crippen LogP contribution is 2.25. The molecule has 0 saturated heterocycles. The van der Waals surface area contributed by atoms with Crippen LogP contribution in [0, 0.1) is 6.92 Å². The Labute approximate surface area is 173 Å². The lowest BCUT2D eigenvalue weighted by atomic mass is 10.1. The lowest BCUT2D eigenvalue weighted by molar-refractivity contribution is -0.115. The molecule has 0 bridgehead atoms. The molecular weight excluding hydrogens is 395 g/mol. The number of anilines is 2. The van der Waals surface area contributed by atoms with Crippen LogP contribution in [0.2, 0.25) is 10.0 Å². The molecule has 6 heteroatoms. The van der Waals surface area contributed by atoms with Crippen molar-refractivity contribution in [2.24, 2.45) is 0 Å². The van der Waals surface area contributed by atoms with E-state index in [9.17, 15) is 9.59 Å². The first-order chi connectivity index (χ1) is 13.4. The van der Waals surface area contributed by atoms with Crippen LogP contribution in [0.1, 0.15) is 21.5 Å². The number of rotatable bonds is 5. The lowest BCUT2D eigenvalue weighted by Crippen LogP contribution is -2.17. The van der Waals surface area contributed by atoms with Crippen molar-refractivity contribution >= 4 is 46.4 Å². The second-order valence-electron chi connectivity index (χ2n) is 6.26. The summed E-state index contributed by atoms with van der Waals surface area (Å²) in [5, 5.41) is 6.72. The van der Waals surface area contributed by atoms with Crippen molar-refractivity contribution in [1.29, 1.82) is 0 Å². The van der Waals surface area contributed by atoms with Gasteiger partial charge in [-0.15, -0.1) is 0 Å². The number of benzene rings is 3. The van der Waals surface area contributed by atoms with Gasteiger partial charge in [0.1, 0.15) is 0 Å². The van der Waals surface area contributed by atoms with Gasteiger partial charge < -0.3 is 10.6 Å². The van der Waals surface area contributed by atoms with Crippen LogP contribution >= 0.6 is 23.2 Å². The van der Waals surface area contributed by atoms with Crippen molar-refractivity contribution in [3.8, 4) is 0 Å². The molecule has 0 aliphatic heterocycles. The lowest BCUT2D eigenvalue weighted by Gasteiger charge is -2.14. The van der Waals surface area contributed by atoms with E-state index >= 15 is 0 Å². The van der Waals surface area contributed by atoms with Crippen LogP contribution in [0.5, 0.6) is 0 Å². The summed E-state index contributed by atoms with van der Waals surface area (Å²) in [6, 6.07) is 19.3. The van der Waals surface area contributed by atoms with E-state index in [0.29, 0.717) is 32.5 Å². The van der Waals surface area contributed by atoms with Crippen LogP contribution in [-0.4, -0.2) is 11.8 Å². The van der Waals surface area contributed by atoms with E-state index in [4.69, 9.17) is 23.2 Å². The first kappa shape index (κ1) is 19.9. The van der Waals surface area contributed by atoms with Crippen LogP contribution in [0.4, 0.5) is 11.4 Å².